The van der Waals surface area contributed by atoms with Gasteiger partial charge in [-0.2, -0.15) is 0 Å². The van der Waals surface area contributed by atoms with Gasteiger partial charge >= 0.3 is 0 Å². The van der Waals surface area contributed by atoms with Gasteiger partial charge in [0.25, 0.3) is 0 Å². The number of aryl methyl sites for hydroxylation is 1. The van der Waals surface area contributed by atoms with Crippen molar-refractivity contribution in [1.82, 2.24) is 0 Å². The molecule has 100 valence electrons. The topological polar surface area (TPSA) is 26.0 Å². The summed E-state index contributed by atoms with van der Waals surface area (Å²) in [7, 11) is 0. The van der Waals surface area contributed by atoms with E-state index >= 15 is 0 Å². The average Bonchev–Trinajstić information content (AvgIpc) is 2.47. The van der Waals surface area contributed by atoms with E-state index in [-0.39, 0.29) is 0 Å². The van der Waals surface area contributed by atoms with Gasteiger partial charge in [0.2, 0.25) is 0 Å². The van der Waals surface area contributed by atoms with Crippen LogP contribution in [0.2, 0.25) is 0 Å². The molecule has 1 unspecified atom stereocenters. The minimum absolute atomic E-state index is 0.631. The van der Waals surface area contributed by atoms with Gasteiger partial charge in [-0.1, -0.05) is 51.1 Å². The largest absolute Gasteiger partial charge is 0.399 e. The second-order valence-corrected chi connectivity index (χ2v) is 5.20. The van der Waals surface area contributed by atoms with Gasteiger partial charge < -0.3 is 5.73 Å². The summed E-state index contributed by atoms with van der Waals surface area (Å²) in [4.78, 5) is 0. The number of nitrogen functional groups attached to an aromatic ring is 1. The monoisotopic (exact) mass is 253 g/mol. The van der Waals surface area contributed by atoms with Gasteiger partial charge in [0.15, 0.2) is 0 Å². The van der Waals surface area contributed by atoms with E-state index in [0.29, 0.717) is 5.92 Å². The molecule has 0 amide bonds. The Hall–Kier alpha value is -1.76. The molecule has 2 aromatic rings. The molecule has 2 aromatic carbocycles. The first-order valence-corrected chi connectivity index (χ1v) is 7.14. The fourth-order valence-electron chi connectivity index (χ4n) is 2.33. The summed E-state index contributed by atoms with van der Waals surface area (Å²) < 4.78 is 0. The van der Waals surface area contributed by atoms with E-state index < -0.39 is 0 Å². The molecule has 0 aliphatic heterocycles. The molecular weight excluding hydrogens is 230 g/mol. The standard InChI is InChI=1S/C18H23N/c1-4-13(3)15-6-8-16(9-7-15)17-10-11-18(19)14(5-2)12-17/h6-13H,4-5,19H2,1-3H3. The predicted octanol–water partition coefficient (Wildman–Crippen LogP) is 5.01. The van der Waals surface area contributed by atoms with Gasteiger partial charge in [-0.15, -0.1) is 0 Å². The molecule has 1 atom stereocenters. The molecule has 2 rings (SSSR count). The van der Waals surface area contributed by atoms with Gasteiger partial charge in [-0.05, 0) is 53.1 Å². The van der Waals surface area contributed by atoms with Gasteiger partial charge in [0.1, 0.15) is 0 Å². The minimum atomic E-state index is 0.631. The highest BCUT2D eigenvalue weighted by Gasteiger charge is 2.05. The van der Waals surface area contributed by atoms with Gasteiger partial charge in [-0.3, -0.25) is 0 Å². The minimum Gasteiger partial charge on any atom is -0.399 e. The molecule has 0 aliphatic carbocycles. The molecule has 0 aromatic heterocycles. The van der Waals surface area contributed by atoms with E-state index in [4.69, 9.17) is 5.73 Å². The maximum absolute atomic E-state index is 5.96. The Balaban J connectivity index is 2.32. The van der Waals surface area contributed by atoms with Gasteiger partial charge in [0, 0.05) is 5.69 Å². The van der Waals surface area contributed by atoms with Crippen LogP contribution in [0.25, 0.3) is 11.1 Å². The van der Waals surface area contributed by atoms with E-state index in [1.54, 1.807) is 0 Å². The second-order valence-electron chi connectivity index (χ2n) is 5.20. The summed E-state index contributed by atoms with van der Waals surface area (Å²) in [6.07, 6.45) is 2.16. The molecule has 0 aliphatic rings. The lowest BCUT2D eigenvalue weighted by Crippen LogP contribution is -1.94. The van der Waals surface area contributed by atoms with Crippen LogP contribution in [-0.2, 0) is 6.42 Å². The molecule has 0 saturated carbocycles. The average molecular weight is 253 g/mol. The number of nitrogens with two attached hydrogens (primary N) is 1. The van der Waals surface area contributed by atoms with Crippen LogP contribution in [0.3, 0.4) is 0 Å². The Kier molecular flexibility index (Phi) is 4.26. The van der Waals surface area contributed by atoms with Crippen molar-refractivity contribution in [3.63, 3.8) is 0 Å². The van der Waals surface area contributed by atoms with Gasteiger partial charge in [0.05, 0.1) is 0 Å². The highest BCUT2D eigenvalue weighted by atomic mass is 14.6. The Labute approximate surface area is 116 Å². The first-order chi connectivity index (χ1) is 9.15. The van der Waals surface area contributed by atoms with Crippen molar-refractivity contribution in [2.24, 2.45) is 0 Å². The normalized spacial score (nSPS) is 12.4. The van der Waals surface area contributed by atoms with E-state index in [1.807, 2.05) is 6.07 Å². The molecule has 0 heterocycles. The zero-order valence-electron chi connectivity index (χ0n) is 12.1. The third-order valence-corrected chi connectivity index (χ3v) is 3.95. The highest BCUT2D eigenvalue weighted by molar-refractivity contribution is 5.68. The van der Waals surface area contributed by atoms with Crippen LogP contribution in [0.15, 0.2) is 42.5 Å². The van der Waals surface area contributed by atoms with Crippen LogP contribution in [0.4, 0.5) is 5.69 Å². The van der Waals surface area contributed by atoms with Crippen LogP contribution in [0.1, 0.15) is 44.2 Å². The molecule has 2 N–H and O–H groups in total. The predicted molar refractivity (Wildman–Crippen MR) is 84.4 cm³/mol. The van der Waals surface area contributed by atoms with Crippen molar-refractivity contribution in [3.8, 4) is 11.1 Å². The molecule has 0 spiro atoms. The highest BCUT2D eigenvalue weighted by Crippen LogP contribution is 2.26. The summed E-state index contributed by atoms with van der Waals surface area (Å²) in [6, 6.07) is 15.2. The van der Waals surface area contributed by atoms with Crippen molar-refractivity contribution in [1.29, 1.82) is 0 Å². The maximum Gasteiger partial charge on any atom is 0.0346 e. The Morgan fingerprint density at radius 3 is 2.16 bits per heavy atom. The molecule has 1 nitrogen and oxygen atoms in total. The quantitative estimate of drug-likeness (QED) is 0.761. The summed E-state index contributed by atoms with van der Waals surface area (Å²) in [6.45, 7) is 6.64. The third kappa shape index (κ3) is 2.98. The number of rotatable bonds is 4. The molecular formula is C18H23N. The van der Waals surface area contributed by atoms with E-state index in [0.717, 1.165) is 12.1 Å². The molecule has 0 bridgehead atoms. The summed E-state index contributed by atoms with van der Waals surface area (Å²) in [5.41, 5.74) is 12.0. The van der Waals surface area contributed by atoms with Crippen molar-refractivity contribution < 1.29 is 0 Å². The fourth-order valence-corrected chi connectivity index (χ4v) is 2.33. The zero-order valence-corrected chi connectivity index (χ0v) is 12.1. The summed E-state index contributed by atoms with van der Waals surface area (Å²) in [5, 5.41) is 0. The van der Waals surface area contributed by atoms with Crippen LogP contribution in [-0.4, -0.2) is 0 Å². The second kappa shape index (κ2) is 5.92. The zero-order chi connectivity index (χ0) is 13.8. The van der Waals surface area contributed by atoms with Crippen molar-refractivity contribution >= 4 is 5.69 Å². The molecule has 0 fully saturated rings. The third-order valence-electron chi connectivity index (χ3n) is 3.95. The lowest BCUT2D eigenvalue weighted by molar-refractivity contribution is 0.734. The smallest absolute Gasteiger partial charge is 0.0346 e. The fraction of sp³-hybridized carbons (Fsp3) is 0.333. The Bertz CT molecular complexity index is 540. The molecule has 1 heteroatoms. The first kappa shape index (κ1) is 13.7. The van der Waals surface area contributed by atoms with E-state index in [2.05, 4.69) is 57.2 Å². The van der Waals surface area contributed by atoms with Crippen LogP contribution in [0, 0.1) is 0 Å². The van der Waals surface area contributed by atoms with E-state index in [1.165, 1.54) is 28.7 Å². The van der Waals surface area contributed by atoms with E-state index in [9.17, 15) is 0 Å². The van der Waals surface area contributed by atoms with Gasteiger partial charge in [-0.25, -0.2) is 0 Å². The lowest BCUT2D eigenvalue weighted by atomic mass is 9.95. The van der Waals surface area contributed by atoms with Crippen molar-refractivity contribution in [3.05, 3.63) is 53.6 Å². The molecule has 0 saturated heterocycles. The lowest BCUT2D eigenvalue weighted by Gasteiger charge is -2.11. The number of hydrogen-bond acceptors (Lipinski definition) is 1. The Morgan fingerprint density at radius 2 is 1.58 bits per heavy atom. The maximum atomic E-state index is 5.96. The summed E-state index contributed by atoms with van der Waals surface area (Å²) in [5.74, 6) is 0.631. The van der Waals surface area contributed by atoms with Crippen molar-refractivity contribution in [2.75, 3.05) is 5.73 Å². The van der Waals surface area contributed by atoms with Crippen LogP contribution in [0.5, 0.6) is 0 Å². The molecule has 19 heavy (non-hydrogen) atoms. The SMILES string of the molecule is CCc1cc(-c2ccc(C(C)CC)cc2)ccc1N. The Morgan fingerprint density at radius 1 is 0.947 bits per heavy atom. The first-order valence-electron chi connectivity index (χ1n) is 7.14. The van der Waals surface area contributed by atoms with Crippen LogP contribution < -0.4 is 5.73 Å². The number of anilines is 1. The van der Waals surface area contributed by atoms with Crippen molar-refractivity contribution in [2.45, 2.75) is 39.5 Å². The number of benzene rings is 2. The number of hydrogen-bond donors (Lipinski definition) is 1. The molecule has 0 radical (unpaired) electrons. The summed E-state index contributed by atoms with van der Waals surface area (Å²) >= 11 is 0. The van der Waals surface area contributed by atoms with Crippen LogP contribution >= 0.6 is 0 Å².